The third kappa shape index (κ3) is 7.18. The van der Waals surface area contributed by atoms with Crippen molar-refractivity contribution in [1.29, 1.82) is 0 Å². The summed E-state index contributed by atoms with van der Waals surface area (Å²) in [6.45, 7) is 9.82. The van der Waals surface area contributed by atoms with Gasteiger partial charge in [-0.15, -0.1) is 0 Å². The van der Waals surface area contributed by atoms with E-state index in [0.29, 0.717) is 50.4 Å². The molecule has 1 heterocycles. The monoisotopic (exact) mass is 401 g/mol. The highest BCUT2D eigenvalue weighted by atomic mass is 16.2. The quantitative estimate of drug-likeness (QED) is 0.703. The molecular formula is C23H35N3O3. The molecule has 0 aromatic heterocycles. The van der Waals surface area contributed by atoms with E-state index in [0.717, 1.165) is 0 Å². The lowest BCUT2D eigenvalue weighted by Gasteiger charge is -2.36. The Balaban J connectivity index is 2.00. The number of carbonyl (C=O) groups excluding carboxylic acids is 3. The minimum atomic E-state index is -0.547. The summed E-state index contributed by atoms with van der Waals surface area (Å²) in [7, 11) is 0. The van der Waals surface area contributed by atoms with Crippen LogP contribution in [0.15, 0.2) is 30.3 Å². The van der Waals surface area contributed by atoms with Crippen molar-refractivity contribution in [2.75, 3.05) is 19.6 Å². The van der Waals surface area contributed by atoms with Gasteiger partial charge in [0.15, 0.2) is 0 Å². The molecule has 0 saturated carbocycles. The van der Waals surface area contributed by atoms with Gasteiger partial charge in [0, 0.05) is 31.6 Å². The molecule has 29 heavy (non-hydrogen) atoms. The number of piperidine rings is 1. The Hall–Kier alpha value is -2.37. The highest BCUT2D eigenvalue weighted by molar-refractivity contribution is 5.94. The van der Waals surface area contributed by atoms with Crippen LogP contribution in [0.5, 0.6) is 0 Å². The molecular weight excluding hydrogens is 366 g/mol. The fourth-order valence-corrected chi connectivity index (χ4v) is 3.61. The van der Waals surface area contributed by atoms with Gasteiger partial charge in [-0.05, 0) is 42.7 Å². The number of benzene rings is 1. The molecule has 0 spiro atoms. The molecule has 1 aromatic rings. The van der Waals surface area contributed by atoms with Crippen LogP contribution in [-0.4, -0.2) is 48.3 Å². The number of rotatable bonds is 8. The molecule has 1 aliphatic rings. The third-order valence-electron chi connectivity index (χ3n) is 5.20. The van der Waals surface area contributed by atoms with E-state index in [1.54, 1.807) is 0 Å². The first-order valence-corrected chi connectivity index (χ1v) is 10.7. The van der Waals surface area contributed by atoms with Gasteiger partial charge in [0.25, 0.3) is 5.91 Å². The van der Waals surface area contributed by atoms with Gasteiger partial charge in [-0.3, -0.25) is 14.4 Å². The molecule has 6 heteroatoms. The van der Waals surface area contributed by atoms with Crippen molar-refractivity contribution in [2.45, 2.75) is 53.0 Å². The van der Waals surface area contributed by atoms with Crippen LogP contribution in [-0.2, 0) is 9.59 Å². The summed E-state index contributed by atoms with van der Waals surface area (Å²) in [5, 5.41) is 5.93. The van der Waals surface area contributed by atoms with Crippen LogP contribution in [0.4, 0.5) is 0 Å². The maximum atomic E-state index is 12.8. The zero-order chi connectivity index (χ0) is 21.4. The minimum Gasteiger partial charge on any atom is -0.354 e. The number of nitrogens with zero attached hydrogens (tertiary/aromatic N) is 1. The first-order chi connectivity index (χ1) is 13.8. The van der Waals surface area contributed by atoms with Crippen molar-refractivity contribution in [1.82, 2.24) is 15.5 Å². The van der Waals surface area contributed by atoms with Gasteiger partial charge < -0.3 is 15.5 Å². The topological polar surface area (TPSA) is 78.5 Å². The number of hydrogen-bond donors (Lipinski definition) is 2. The van der Waals surface area contributed by atoms with Crippen LogP contribution in [0.2, 0.25) is 0 Å². The Morgan fingerprint density at radius 3 is 2.17 bits per heavy atom. The first kappa shape index (κ1) is 22.9. The summed E-state index contributed by atoms with van der Waals surface area (Å²) in [4.78, 5) is 39.7. The number of amides is 3. The van der Waals surface area contributed by atoms with Crippen molar-refractivity contribution in [2.24, 2.45) is 17.8 Å². The van der Waals surface area contributed by atoms with E-state index in [4.69, 9.17) is 0 Å². The van der Waals surface area contributed by atoms with Crippen LogP contribution in [0.1, 0.15) is 57.3 Å². The second-order valence-corrected chi connectivity index (χ2v) is 8.78. The fourth-order valence-electron chi connectivity index (χ4n) is 3.61. The molecule has 1 aliphatic heterocycles. The number of likely N-dealkylation sites (tertiary alicyclic amines) is 1. The summed E-state index contributed by atoms with van der Waals surface area (Å²) in [5.74, 6) is 0.416. The molecule has 1 atom stereocenters. The largest absolute Gasteiger partial charge is 0.354 e. The third-order valence-corrected chi connectivity index (χ3v) is 5.20. The van der Waals surface area contributed by atoms with Crippen molar-refractivity contribution < 1.29 is 14.4 Å². The molecule has 0 unspecified atom stereocenters. The average Bonchev–Trinajstić information content (AvgIpc) is 2.70. The van der Waals surface area contributed by atoms with Crippen molar-refractivity contribution in [3.05, 3.63) is 35.9 Å². The lowest BCUT2D eigenvalue weighted by atomic mass is 9.88. The van der Waals surface area contributed by atoms with Crippen LogP contribution < -0.4 is 10.6 Å². The number of hydrogen-bond acceptors (Lipinski definition) is 3. The summed E-state index contributed by atoms with van der Waals surface area (Å²) >= 11 is 0. The zero-order valence-electron chi connectivity index (χ0n) is 18.1. The van der Waals surface area contributed by atoms with Gasteiger partial charge in [-0.25, -0.2) is 0 Å². The average molecular weight is 402 g/mol. The Morgan fingerprint density at radius 2 is 1.62 bits per heavy atom. The number of nitrogens with one attached hydrogen (secondary N) is 2. The maximum absolute atomic E-state index is 12.8. The molecule has 2 N–H and O–H groups in total. The van der Waals surface area contributed by atoms with Crippen LogP contribution in [0.3, 0.4) is 0 Å². The van der Waals surface area contributed by atoms with Gasteiger partial charge in [0.1, 0.15) is 6.04 Å². The normalized spacial score (nSPS) is 16.0. The second-order valence-electron chi connectivity index (χ2n) is 8.78. The predicted octanol–water partition coefficient (Wildman–Crippen LogP) is 2.84. The Bertz CT molecular complexity index is 680. The summed E-state index contributed by atoms with van der Waals surface area (Å²) in [6, 6.07) is 8.71. The lowest BCUT2D eigenvalue weighted by Crippen LogP contribution is -2.54. The fraction of sp³-hybridized carbons (Fsp3) is 0.609. The van der Waals surface area contributed by atoms with E-state index < -0.39 is 6.04 Å². The smallest absolute Gasteiger partial charge is 0.253 e. The molecule has 1 fully saturated rings. The van der Waals surface area contributed by atoms with E-state index in [9.17, 15) is 14.4 Å². The van der Waals surface area contributed by atoms with Crippen LogP contribution in [0.25, 0.3) is 0 Å². The van der Waals surface area contributed by atoms with Gasteiger partial charge in [0.05, 0.1) is 0 Å². The highest BCUT2D eigenvalue weighted by Crippen LogP contribution is 2.23. The molecule has 0 radical (unpaired) electrons. The van der Waals surface area contributed by atoms with E-state index in [2.05, 4.69) is 10.6 Å². The second kappa shape index (κ2) is 11.0. The summed E-state index contributed by atoms with van der Waals surface area (Å²) in [5.41, 5.74) is 0.683. The van der Waals surface area contributed by atoms with Crippen LogP contribution >= 0.6 is 0 Å². The molecule has 3 amide bonds. The van der Waals surface area contributed by atoms with E-state index in [1.807, 2.05) is 62.9 Å². The van der Waals surface area contributed by atoms with Gasteiger partial charge in [-0.1, -0.05) is 45.9 Å². The Kier molecular flexibility index (Phi) is 8.68. The van der Waals surface area contributed by atoms with Gasteiger partial charge in [0.2, 0.25) is 11.8 Å². The molecule has 2 rings (SSSR count). The molecule has 160 valence electrons. The predicted molar refractivity (Wildman–Crippen MR) is 114 cm³/mol. The Labute approximate surface area is 174 Å². The minimum absolute atomic E-state index is 0.0219. The summed E-state index contributed by atoms with van der Waals surface area (Å²) in [6.07, 6.45) is 1.79. The maximum Gasteiger partial charge on any atom is 0.253 e. The van der Waals surface area contributed by atoms with E-state index in [-0.39, 0.29) is 29.6 Å². The SMILES string of the molecule is CC(C)CNC(=O)[C@@H](NC(=O)CC(C)C)C1CCN(C(=O)c2ccccc2)CC1. The molecule has 0 aliphatic carbocycles. The molecule has 1 aromatic carbocycles. The lowest BCUT2D eigenvalue weighted by molar-refractivity contribution is -0.131. The summed E-state index contributed by atoms with van der Waals surface area (Å²) < 4.78 is 0. The van der Waals surface area contributed by atoms with E-state index in [1.165, 1.54) is 0 Å². The number of carbonyl (C=O) groups is 3. The molecule has 6 nitrogen and oxygen atoms in total. The van der Waals surface area contributed by atoms with Crippen molar-refractivity contribution >= 4 is 17.7 Å². The first-order valence-electron chi connectivity index (χ1n) is 10.7. The van der Waals surface area contributed by atoms with Crippen molar-refractivity contribution in [3.63, 3.8) is 0 Å². The molecule has 1 saturated heterocycles. The highest BCUT2D eigenvalue weighted by Gasteiger charge is 2.34. The van der Waals surface area contributed by atoms with Crippen molar-refractivity contribution in [3.8, 4) is 0 Å². The van der Waals surface area contributed by atoms with Gasteiger partial charge in [-0.2, -0.15) is 0 Å². The van der Waals surface area contributed by atoms with Crippen LogP contribution in [0, 0.1) is 17.8 Å². The van der Waals surface area contributed by atoms with Gasteiger partial charge >= 0.3 is 0 Å². The Morgan fingerprint density at radius 1 is 1.00 bits per heavy atom. The van der Waals surface area contributed by atoms with E-state index >= 15 is 0 Å². The molecule has 0 bridgehead atoms. The standard InChI is InChI=1S/C23H35N3O3/c1-16(2)14-20(27)25-21(22(28)24-15-17(3)4)18-10-12-26(13-11-18)23(29)19-8-6-5-7-9-19/h5-9,16-18,21H,10-15H2,1-4H3,(H,24,28)(H,25,27)/t21-/m0/s1. The zero-order valence-corrected chi connectivity index (χ0v) is 18.1.